The van der Waals surface area contributed by atoms with Gasteiger partial charge in [-0.15, -0.1) is 0 Å². The second-order valence-corrected chi connectivity index (χ2v) is 7.61. The number of carbonyl (C=O) groups excluding carboxylic acids is 2. The lowest BCUT2D eigenvalue weighted by Gasteiger charge is -2.37. The van der Waals surface area contributed by atoms with Gasteiger partial charge in [-0.2, -0.15) is 0 Å². The van der Waals surface area contributed by atoms with Crippen LogP contribution in [-0.2, 0) is 9.53 Å². The van der Waals surface area contributed by atoms with Gasteiger partial charge in [-0.25, -0.2) is 4.79 Å². The number of rotatable bonds is 4. The number of carbonyl (C=O) groups is 2. The van der Waals surface area contributed by atoms with Crippen molar-refractivity contribution in [1.82, 2.24) is 0 Å². The maximum Gasteiger partial charge on any atom is 0.340 e. The van der Waals surface area contributed by atoms with Gasteiger partial charge in [0.2, 0.25) is 0 Å². The number of aryl methyl sites for hydroxylation is 1. The first kappa shape index (κ1) is 17.2. The van der Waals surface area contributed by atoms with Crippen LogP contribution in [-0.4, -0.2) is 49.1 Å². The summed E-state index contributed by atoms with van der Waals surface area (Å²) in [6, 6.07) is 3.29. The lowest BCUT2D eigenvalue weighted by Crippen LogP contribution is -2.57. The van der Waals surface area contributed by atoms with E-state index in [1.807, 2.05) is 6.92 Å². The number of benzene rings is 1. The summed E-state index contributed by atoms with van der Waals surface area (Å²) in [5, 5.41) is 3.46. The predicted molar refractivity (Wildman–Crippen MR) is 93.3 cm³/mol. The third kappa shape index (κ3) is 2.70. The third-order valence-electron chi connectivity index (χ3n) is 5.68. The number of methoxy groups -OCH3 is 1. The van der Waals surface area contributed by atoms with Gasteiger partial charge in [0.25, 0.3) is 5.91 Å². The van der Waals surface area contributed by atoms with Crippen LogP contribution in [0.2, 0.25) is 5.02 Å². The molecule has 1 saturated carbocycles. The molecular formula is C18H24ClN2O3+. The summed E-state index contributed by atoms with van der Waals surface area (Å²) in [5.74, 6) is -0.496. The van der Waals surface area contributed by atoms with Crippen molar-refractivity contribution in [3.8, 4) is 0 Å². The Balaban J connectivity index is 1.91. The Labute approximate surface area is 147 Å². The summed E-state index contributed by atoms with van der Waals surface area (Å²) in [5.41, 5.74) is 1.22. The minimum Gasteiger partial charge on any atom is -0.465 e. The molecule has 1 aromatic rings. The van der Waals surface area contributed by atoms with Gasteiger partial charge in [0.15, 0.2) is 5.54 Å². The molecule has 0 atom stereocenters. The summed E-state index contributed by atoms with van der Waals surface area (Å²) >= 11 is 6.06. The number of likely N-dealkylation sites (tertiary alicyclic amines) is 1. The molecule has 130 valence electrons. The van der Waals surface area contributed by atoms with Gasteiger partial charge in [-0.3, -0.25) is 4.79 Å². The molecule has 1 N–H and O–H groups in total. The molecule has 1 heterocycles. The first-order chi connectivity index (χ1) is 11.3. The van der Waals surface area contributed by atoms with Crippen LogP contribution in [0, 0.1) is 6.92 Å². The number of anilines is 1. The molecule has 3 rings (SSSR count). The summed E-state index contributed by atoms with van der Waals surface area (Å²) in [4.78, 5) is 25.1. The van der Waals surface area contributed by atoms with Crippen LogP contribution in [0.4, 0.5) is 5.69 Å². The minimum atomic E-state index is -0.498. The normalized spacial score (nSPS) is 20.5. The van der Waals surface area contributed by atoms with E-state index in [0.717, 1.165) is 36.0 Å². The highest BCUT2D eigenvalue weighted by Gasteiger charge is 2.64. The Bertz CT molecular complexity index is 692. The average Bonchev–Trinajstić information content (AvgIpc) is 3.26. The second kappa shape index (κ2) is 6.05. The molecule has 6 heteroatoms. The van der Waals surface area contributed by atoms with E-state index in [2.05, 4.69) is 12.4 Å². The largest absolute Gasteiger partial charge is 0.465 e. The van der Waals surface area contributed by atoms with Crippen LogP contribution in [0.5, 0.6) is 0 Å². The summed E-state index contributed by atoms with van der Waals surface area (Å²) in [6.45, 7) is 3.91. The topological polar surface area (TPSA) is 55.4 Å². The Morgan fingerprint density at radius 3 is 2.42 bits per heavy atom. The molecule has 2 aliphatic rings. The highest BCUT2D eigenvalue weighted by molar-refractivity contribution is 6.31. The van der Waals surface area contributed by atoms with Crippen LogP contribution in [0.25, 0.3) is 0 Å². The molecule has 5 nitrogen and oxygen atoms in total. The van der Waals surface area contributed by atoms with E-state index in [1.54, 1.807) is 12.1 Å². The van der Waals surface area contributed by atoms with Crippen molar-refractivity contribution < 1.29 is 18.8 Å². The predicted octanol–water partition coefficient (Wildman–Crippen LogP) is 3.15. The Morgan fingerprint density at radius 2 is 1.88 bits per heavy atom. The van der Waals surface area contributed by atoms with Crippen LogP contribution in [0.1, 0.15) is 41.6 Å². The molecule has 1 aromatic carbocycles. The average molecular weight is 352 g/mol. The van der Waals surface area contributed by atoms with Gasteiger partial charge in [-0.05, 0) is 24.6 Å². The number of amides is 1. The third-order valence-corrected chi connectivity index (χ3v) is 5.90. The van der Waals surface area contributed by atoms with E-state index in [4.69, 9.17) is 16.3 Å². The highest BCUT2D eigenvalue weighted by Crippen LogP contribution is 2.49. The summed E-state index contributed by atoms with van der Waals surface area (Å²) in [7, 11) is 3.50. The number of quaternary nitrogens is 1. The molecule has 1 amide bonds. The Kier molecular flexibility index (Phi) is 4.34. The van der Waals surface area contributed by atoms with E-state index < -0.39 is 5.97 Å². The number of hydrogen-bond acceptors (Lipinski definition) is 3. The molecule has 1 aliphatic carbocycles. The Hall–Kier alpha value is -1.59. The maximum absolute atomic E-state index is 13.1. The van der Waals surface area contributed by atoms with Crippen LogP contribution < -0.4 is 5.32 Å². The van der Waals surface area contributed by atoms with Crippen molar-refractivity contribution in [3.63, 3.8) is 0 Å². The first-order valence-corrected chi connectivity index (χ1v) is 8.75. The zero-order valence-corrected chi connectivity index (χ0v) is 15.2. The fourth-order valence-electron chi connectivity index (χ4n) is 4.00. The molecule has 2 fully saturated rings. The van der Waals surface area contributed by atoms with Gasteiger partial charge in [0.05, 0.1) is 38.5 Å². The smallest absolute Gasteiger partial charge is 0.340 e. The number of nitrogens with zero attached hydrogens (tertiary/aromatic N) is 1. The fraction of sp³-hybridized carbons (Fsp3) is 0.556. The SMILES string of the molecule is COC(=O)c1cc(Cl)cc(C)c1NC(=O)C1([N+]2(C)CCCC2)CC1. The zero-order chi connectivity index (χ0) is 17.5. The number of ether oxygens (including phenoxy) is 1. The molecule has 0 unspecified atom stereocenters. The molecule has 0 bridgehead atoms. The Morgan fingerprint density at radius 1 is 1.25 bits per heavy atom. The lowest BCUT2D eigenvalue weighted by atomic mass is 10.1. The van der Waals surface area contributed by atoms with Gasteiger partial charge in [0.1, 0.15) is 0 Å². The fourth-order valence-corrected chi connectivity index (χ4v) is 4.27. The van der Waals surface area contributed by atoms with E-state index in [9.17, 15) is 9.59 Å². The van der Waals surface area contributed by atoms with Gasteiger partial charge in [-0.1, -0.05) is 11.6 Å². The number of hydrogen-bond donors (Lipinski definition) is 1. The number of esters is 1. The van der Waals surface area contributed by atoms with Crippen molar-refractivity contribution in [2.45, 2.75) is 38.1 Å². The van der Waals surface area contributed by atoms with Gasteiger partial charge >= 0.3 is 5.97 Å². The van der Waals surface area contributed by atoms with E-state index in [-0.39, 0.29) is 11.4 Å². The van der Waals surface area contributed by atoms with Crippen molar-refractivity contribution in [2.75, 3.05) is 32.6 Å². The first-order valence-electron chi connectivity index (χ1n) is 8.37. The molecule has 0 spiro atoms. The van der Waals surface area contributed by atoms with E-state index in [0.29, 0.717) is 16.3 Å². The van der Waals surface area contributed by atoms with Crippen LogP contribution >= 0.6 is 11.6 Å². The van der Waals surface area contributed by atoms with Crippen molar-refractivity contribution in [1.29, 1.82) is 0 Å². The van der Waals surface area contributed by atoms with Crippen LogP contribution in [0.3, 0.4) is 0 Å². The monoisotopic (exact) mass is 351 g/mol. The molecule has 0 aromatic heterocycles. The number of nitrogens with one attached hydrogen (secondary N) is 1. The quantitative estimate of drug-likeness (QED) is 0.669. The van der Waals surface area contributed by atoms with Gasteiger partial charge < -0.3 is 14.5 Å². The van der Waals surface area contributed by atoms with Crippen molar-refractivity contribution in [2.24, 2.45) is 0 Å². The van der Waals surface area contributed by atoms with E-state index >= 15 is 0 Å². The minimum absolute atomic E-state index is 0.00229. The molecule has 24 heavy (non-hydrogen) atoms. The standard InChI is InChI=1S/C18H23ClN2O3/c1-12-10-13(19)11-14(16(22)24-3)15(12)20-17(23)18(6-7-18)21(2)8-4-5-9-21/h10-11H,4-9H2,1-3H3/p+1. The molecule has 1 saturated heterocycles. The second-order valence-electron chi connectivity index (χ2n) is 7.17. The number of likely N-dealkylation sites (N-methyl/N-ethyl adjacent to an activating group) is 1. The van der Waals surface area contributed by atoms with E-state index in [1.165, 1.54) is 20.0 Å². The van der Waals surface area contributed by atoms with Crippen molar-refractivity contribution in [3.05, 3.63) is 28.3 Å². The molecular weight excluding hydrogens is 328 g/mol. The highest BCUT2D eigenvalue weighted by atomic mass is 35.5. The summed E-state index contributed by atoms with van der Waals surface area (Å²) in [6.07, 6.45) is 4.13. The van der Waals surface area contributed by atoms with Crippen molar-refractivity contribution >= 4 is 29.2 Å². The maximum atomic E-state index is 13.1. The molecule has 1 aliphatic heterocycles. The number of halogens is 1. The van der Waals surface area contributed by atoms with Gasteiger partial charge in [0, 0.05) is 30.7 Å². The van der Waals surface area contributed by atoms with Crippen LogP contribution in [0.15, 0.2) is 12.1 Å². The summed E-state index contributed by atoms with van der Waals surface area (Å²) < 4.78 is 5.64. The lowest BCUT2D eigenvalue weighted by molar-refractivity contribution is -0.923. The molecule has 0 radical (unpaired) electrons. The zero-order valence-electron chi connectivity index (χ0n) is 14.4.